The number of nitrogens with one attached hydrogen (secondary N) is 1. The van der Waals surface area contributed by atoms with Crippen molar-refractivity contribution in [3.05, 3.63) is 41.3 Å². The number of hydrogen-bond donors (Lipinski definition) is 1. The minimum absolute atomic E-state index is 0.493. The Labute approximate surface area is 113 Å². The average molecular weight is 258 g/mol. The molecule has 1 N–H and O–H groups in total. The third-order valence-electron chi connectivity index (χ3n) is 4.12. The standard InChI is InChI=1S/C15H18N2S/c1-11(12-8-5-9-12)17-14(10-16-15(17)18)13-6-3-2-4-7-13/h2-4,6-7,10-12H,5,8-9H2,1H3,(H,16,18). The van der Waals surface area contributed by atoms with E-state index >= 15 is 0 Å². The van der Waals surface area contributed by atoms with Gasteiger partial charge in [-0.15, -0.1) is 0 Å². The van der Waals surface area contributed by atoms with Crippen molar-refractivity contribution < 1.29 is 0 Å². The number of aromatic nitrogens is 2. The van der Waals surface area contributed by atoms with Crippen molar-refractivity contribution in [3.8, 4) is 11.3 Å². The van der Waals surface area contributed by atoms with Crippen molar-refractivity contribution in [2.24, 2.45) is 5.92 Å². The molecule has 3 rings (SSSR count). The number of imidazole rings is 1. The maximum Gasteiger partial charge on any atom is 0.177 e. The number of H-pyrrole nitrogens is 1. The van der Waals surface area contributed by atoms with Crippen LogP contribution in [0.25, 0.3) is 11.3 Å². The van der Waals surface area contributed by atoms with Crippen LogP contribution in [-0.2, 0) is 0 Å². The van der Waals surface area contributed by atoms with Crippen LogP contribution in [0.1, 0.15) is 32.2 Å². The van der Waals surface area contributed by atoms with E-state index in [1.807, 2.05) is 12.3 Å². The van der Waals surface area contributed by atoms with Gasteiger partial charge in [0.05, 0.1) is 5.69 Å². The van der Waals surface area contributed by atoms with Crippen molar-refractivity contribution >= 4 is 12.2 Å². The van der Waals surface area contributed by atoms with E-state index in [0.717, 1.165) is 10.7 Å². The molecule has 3 heteroatoms. The highest BCUT2D eigenvalue weighted by Crippen LogP contribution is 2.38. The van der Waals surface area contributed by atoms with Crippen molar-refractivity contribution in [1.29, 1.82) is 0 Å². The Morgan fingerprint density at radius 3 is 2.61 bits per heavy atom. The fraction of sp³-hybridized carbons (Fsp3) is 0.400. The molecule has 0 aliphatic heterocycles. The second kappa shape index (κ2) is 4.73. The molecule has 0 spiro atoms. The first-order valence-corrected chi connectivity index (χ1v) is 7.03. The fourth-order valence-electron chi connectivity index (χ4n) is 2.75. The van der Waals surface area contributed by atoms with Gasteiger partial charge in [-0.1, -0.05) is 36.8 Å². The third-order valence-corrected chi connectivity index (χ3v) is 4.43. The smallest absolute Gasteiger partial charge is 0.177 e. The second-order valence-corrected chi connectivity index (χ2v) is 5.53. The van der Waals surface area contributed by atoms with Crippen LogP contribution in [0, 0.1) is 10.7 Å². The highest BCUT2D eigenvalue weighted by molar-refractivity contribution is 7.71. The van der Waals surface area contributed by atoms with Crippen molar-refractivity contribution in [2.75, 3.05) is 0 Å². The van der Waals surface area contributed by atoms with Gasteiger partial charge in [0.2, 0.25) is 0 Å². The first-order chi connectivity index (χ1) is 8.77. The minimum atomic E-state index is 0.493. The molecule has 0 saturated heterocycles. The Kier molecular flexibility index (Phi) is 3.08. The fourth-order valence-corrected chi connectivity index (χ4v) is 3.07. The number of hydrogen-bond acceptors (Lipinski definition) is 1. The summed E-state index contributed by atoms with van der Waals surface area (Å²) in [5.41, 5.74) is 2.44. The van der Waals surface area contributed by atoms with E-state index in [4.69, 9.17) is 12.2 Å². The topological polar surface area (TPSA) is 20.7 Å². The Balaban J connectivity index is 2.03. The molecule has 1 unspecified atom stereocenters. The number of aromatic amines is 1. The molecule has 0 radical (unpaired) electrons. The summed E-state index contributed by atoms with van der Waals surface area (Å²) in [6, 6.07) is 11.0. The van der Waals surface area contributed by atoms with Crippen molar-refractivity contribution in [3.63, 3.8) is 0 Å². The SMILES string of the molecule is CC(C1CCC1)n1c(-c2ccccc2)c[nH]c1=S. The molecule has 1 aliphatic rings. The summed E-state index contributed by atoms with van der Waals surface area (Å²) >= 11 is 5.45. The lowest BCUT2D eigenvalue weighted by atomic mass is 9.80. The van der Waals surface area contributed by atoms with Crippen LogP contribution in [0.2, 0.25) is 0 Å². The zero-order valence-electron chi connectivity index (χ0n) is 10.6. The lowest BCUT2D eigenvalue weighted by molar-refractivity contribution is 0.222. The molecular weight excluding hydrogens is 240 g/mol. The molecule has 1 aromatic heterocycles. The molecule has 0 amide bonds. The number of benzene rings is 1. The largest absolute Gasteiger partial charge is 0.337 e. The maximum absolute atomic E-state index is 5.45. The van der Waals surface area contributed by atoms with E-state index in [-0.39, 0.29) is 0 Å². The van der Waals surface area contributed by atoms with E-state index in [1.54, 1.807) is 0 Å². The van der Waals surface area contributed by atoms with E-state index < -0.39 is 0 Å². The van der Waals surface area contributed by atoms with Gasteiger partial charge in [0.25, 0.3) is 0 Å². The lowest BCUT2D eigenvalue weighted by Crippen LogP contribution is -2.23. The molecule has 1 aromatic carbocycles. The van der Waals surface area contributed by atoms with E-state index in [2.05, 4.69) is 40.7 Å². The summed E-state index contributed by atoms with van der Waals surface area (Å²) in [6.45, 7) is 2.29. The first kappa shape index (κ1) is 11.7. The number of nitrogens with zero attached hydrogens (tertiary/aromatic N) is 1. The van der Waals surface area contributed by atoms with Crippen LogP contribution < -0.4 is 0 Å². The summed E-state index contributed by atoms with van der Waals surface area (Å²) in [5.74, 6) is 0.787. The number of rotatable bonds is 3. The maximum atomic E-state index is 5.45. The van der Waals surface area contributed by atoms with Crippen molar-refractivity contribution in [2.45, 2.75) is 32.2 Å². The Morgan fingerprint density at radius 2 is 2.00 bits per heavy atom. The molecule has 1 saturated carbocycles. The average Bonchev–Trinajstić information content (AvgIpc) is 2.70. The van der Waals surface area contributed by atoms with Gasteiger partial charge in [0, 0.05) is 12.2 Å². The summed E-state index contributed by atoms with van der Waals surface area (Å²) in [4.78, 5) is 3.20. The van der Waals surface area contributed by atoms with Crippen LogP contribution >= 0.6 is 12.2 Å². The third kappa shape index (κ3) is 1.93. The van der Waals surface area contributed by atoms with Gasteiger partial charge >= 0.3 is 0 Å². The van der Waals surface area contributed by atoms with Gasteiger partial charge in [-0.3, -0.25) is 0 Å². The van der Waals surface area contributed by atoms with Crippen LogP contribution in [0.15, 0.2) is 36.5 Å². The van der Waals surface area contributed by atoms with Gasteiger partial charge < -0.3 is 9.55 Å². The molecule has 2 nitrogen and oxygen atoms in total. The molecule has 1 aliphatic carbocycles. The Bertz CT molecular complexity index is 578. The lowest BCUT2D eigenvalue weighted by Gasteiger charge is -2.33. The van der Waals surface area contributed by atoms with Crippen LogP contribution in [0.5, 0.6) is 0 Å². The molecule has 18 heavy (non-hydrogen) atoms. The van der Waals surface area contributed by atoms with Crippen LogP contribution in [0.4, 0.5) is 0 Å². The van der Waals surface area contributed by atoms with Crippen LogP contribution in [-0.4, -0.2) is 9.55 Å². The van der Waals surface area contributed by atoms with Gasteiger partial charge in [0.1, 0.15) is 0 Å². The molecule has 2 aromatic rings. The van der Waals surface area contributed by atoms with Gasteiger partial charge in [-0.2, -0.15) is 0 Å². The van der Waals surface area contributed by atoms with Gasteiger partial charge in [-0.05, 0) is 43.5 Å². The predicted molar refractivity (Wildman–Crippen MR) is 77.1 cm³/mol. The van der Waals surface area contributed by atoms with Gasteiger partial charge in [0.15, 0.2) is 4.77 Å². The molecular formula is C15H18N2S. The normalized spacial score (nSPS) is 17.4. The first-order valence-electron chi connectivity index (χ1n) is 6.62. The molecule has 94 valence electrons. The second-order valence-electron chi connectivity index (χ2n) is 5.15. The van der Waals surface area contributed by atoms with E-state index in [9.17, 15) is 0 Å². The van der Waals surface area contributed by atoms with Gasteiger partial charge in [-0.25, -0.2) is 0 Å². The predicted octanol–water partition coefficient (Wildman–Crippen LogP) is 4.57. The molecule has 1 atom stereocenters. The minimum Gasteiger partial charge on any atom is -0.337 e. The monoisotopic (exact) mass is 258 g/mol. The zero-order valence-corrected chi connectivity index (χ0v) is 11.4. The Hall–Kier alpha value is -1.35. The Morgan fingerprint density at radius 1 is 1.28 bits per heavy atom. The molecule has 0 bridgehead atoms. The highest BCUT2D eigenvalue weighted by atomic mass is 32.1. The van der Waals surface area contributed by atoms with E-state index in [0.29, 0.717) is 6.04 Å². The summed E-state index contributed by atoms with van der Waals surface area (Å²) in [5, 5.41) is 0. The highest BCUT2D eigenvalue weighted by Gasteiger charge is 2.26. The zero-order chi connectivity index (χ0) is 12.5. The van der Waals surface area contributed by atoms with Crippen molar-refractivity contribution in [1.82, 2.24) is 9.55 Å². The molecule has 1 heterocycles. The quantitative estimate of drug-likeness (QED) is 0.800. The van der Waals surface area contributed by atoms with E-state index in [1.165, 1.54) is 30.5 Å². The summed E-state index contributed by atoms with van der Waals surface area (Å²) < 4.78 is 3.13. The molecule has 1 fully saturated rings. The summed E-state index contributed by atoms with van der Waals surface area (Å²) in [6.07, 6.45) is 6.07. The van der Waals surface area contributed by atoms with Crippen LogP contribution in [0.3, 0.4) is 0 Å². The summed E-state index contributed by atoms with van der Waals surface area (Å²) in [7, 11) is 0.